The molecule has 0 radical (unpaired) electrons. The average Bonchev–Trinajstić information content (AvgIpc) is 2.74. The number of ether oxygens (including phenoxy) is 1. The largest absolute Gasteiger partial charge is 0.478 e. The molecule has 1 aliphatic carbocycles. The fraction of sp³-hybridized carbons (Fsp3) is 0.571. The Kier molecular flexibility index (Phi) is 6.90. The number of aliphatic carboxylic acids is 1. The van der Waals surface area contributed by atoms with E-state index in [4.69, 9.17) is 4.74 Å². The van der Waals surface area contributed by atoms with Crippen molar-refractivity contribution in [2.24, 2.45) is 5.92 Å². The molecule has 0 spiro atoms. The van der Waals surface area contributed by atoms with Gasteiger partial charge >= 0.3 is 12.1 Å². The van der Waals surface area contributed by atoms with E-state index in [9.17, 15) is 19.5 Å². The third-order valence-electron chi connectivity index (χ3n) is 5.48. The average molecular weight is 388 g/mol. The molecule has 2 fully saturated rings. The Hall–Kier alpha value is -2.57. The van der Waals surface area contributed by atoms with Gasteiger partial charge < -0.3 is 9.84 Å². The quantitative estimate of drug-likeness (QED) is 0.837. The summed E-state index contributed by atoms with van der Waals surface area (Å²) in [6.45, 7) is 0.843. The minimum atomic E-state index is -1.29. The monoisotopic (exact) mass is 388 g/mol. The number of nitrogens with zero attached hydrogens (tertiary/aromatic N) is 2. The van der Waals surface area contributed by atoms with Crippen LogP contribution in [0.2, 0.25) is 0 Å². The first-order valence-electron chi connectivity index (χ1n) is 10.1. The lowest BCUT2D eigenvalue weighted by molar-refractivity contribution is -0.158. The predicted octanol–water partition coefficient (Wildman–Crippen LogP) is 3.24. The lowest BCUT2D eigenvalue weighted by atomic mass is 9.88. The SMILES string of the molecule is O=C(O)[C@H](Cc1ccccc1)OC(=O)N1CCCCN1C(=O)C1CCCCC1. The number of hydrogen-bond acceptors (Lipinski definition) is 4. The first-order chi connectivity index (χ1) is 13.6. The number of benzene rings is 1. The van der Waals surface area contributed by atoms with E-state index < -0.39 is 18.2 Å². The summed E-state index contributed by atoms with van der Waals surface area (Å²) in [4.78, 5) is 37.3. The van der Waals surface area contributed by atoms with Crippen LogP contribution in [0.5, 0.6) is 0 Å². The van der Waals surface area contributed by atoms with Gasteiger partial charge in [-0.1, -0.05) is 49.6 Å². The second-order valence-electron chi connectivity index (χ2n) is 7.53. The van der Waals surface area contributed by atoms with E-state index in [1.807, 2.05) is 18.2 Å². The topological polar surface area (TPSA) is 87.2 Å². The van der Waals surface area contributed by atoms with E-state index in [-0.39, 0.29) is 18.2 Å². The lowest BCUT2D eigenvalue weighted by Crippen LogP contribution is -2.56. The van der Waals surface area contributed by atoms with Crippen LogP contribution in [0.3, 0.4) is 0 Å². The maximum Gasteiger partial charge on any atom is 0.429 e. The van der Waals surface area contributed by atoms with Crippen molar-refractivity contribution in [3.8, 4) is 0 Å². The van der Waals surface area contributed by atoms with E-state index in [1.54, 1.807) is 12.1 Å². The van der Waals surface area contributed by atoms with E-state index >= 15 is 0 Å². The molecule has 2 aliphatic rings. The molecule has 0 unspecified atom stereocenters. The molecule has 1 N–H and O–H groups in total. The Morgan fingerprint density at radius 3 is 2.25 bits per heavy atom. The number of hydrazine groups is 1. The van der Waals surface area contributed by atoms with Crippen molar-refractivity contribution in [3.05, 3.63) is 35.9 Å². The first kappa shape index (κ1) is 20.2. The predicted molar refractivity (Wildman–Crippen MR) is 102 cm³/mol. The maximum atomic E-state index is 12.9. The fourth-order valence-corrected chi connectivity index (χ4v) is 3.93. The third-order valence-corrected chi connectivity index (χ3v) is 5.48. The van der Waals surface area contributed by atoms with E-state index in [0.717, 1.165) is 50.5 Å². The second-order valence-corrected chi connectivity index (χ2v) is 7.53. The summed E-state index contributed by atoms with van der Waals surface area (Å²) in [6.07, 6.45) is 4.56. The summed E-state index contributed by atoms with van der Waals surface area (Å²) in [5, 5.41) is 12.3. The Morgan fingerprint density at radius 2 is 1.61 bits per heavy atom. The molecule has 1 heterocycles. The van der Waals surface area contributed by atoms with Gasteiger partial charge in [0.15, 0.2) is 0 Å². The number of carbonyl (C=O) groups excluding carboxylic acids is 2. The molecule has 3 rings (SSSR count). The zero-order valence-corrected chi connectivity index (χ0v) is 16.1. The normalized spacial score (nSPS) is 19.1. The van der Waals surface area contributed by atoms with Gasteiger partial charge in [0.1, 0.15) is 0 Å². The molecule has 0 bridgehead atoms. The van der Waals surface area contributed by atoms with Gasteiger partial charge in [-0.3, -0.25) is 4.79 Å². The van der Waals surface area contributed by atoms with Gasteiger partial charge in [-0.05, 0) is 31.2 Å². The summed E-state index contributed by atoms with van der Waals surface area (Å²) in [6, 6.07) is 9.05. The minimum absolute atomic E-state index is 0.0358. The van der Waals surface area contributed by atoms with Crippen LogP contribution in [0.15, 0.2) is 30.3 Å². The Labute approximate surface area is 165 Å². The maximum absolute atomic E-state index is 12.9. The molecule has 7 heteroatoms. The minimum Gasteiger partial charge on any atom is -0.478 e. The summed E-state index contributed by atoms with van der Waals surface area (Å²) in [5.41, 5.74) is 0.775. The fourth-order valence-electron chi connectivity index (χ4n) is 3.93. The molecule has 1 atom stereocenters. The zero-order valence-electron chi connectivity index (χ0n) is 16.1. The van der Waals surface area contributed by atoms with E-state index in [1.165, 1.54) is 10.0 Å². The van der Waals surface area contributed by atoms with Crippen molar-refractivity contribution in [3.63, 3.8) is 0 Å². The molecule has 152 valence electrons. The van der Waals surface area contributed by atoms with Crippen LogP contribution < -0.4 is 0 Å². The van der Waals surface area contributed by atoms with Crippen LogP contribution in [0.1, 0.15) is 50.5 Å². The highest BCUT2D eigenvalue weighted by Crippen LogP contribution is 2.27. The first-order valence-corrected chi connectivity index (χ1v) is 10.1. The third kappa shape index (κ3) is 5.03. The number of carboxylic acids is 1. The molecule has 1 aromatic carbocycles. The van der Waals surface area contributed by atoms with Gasteiger partial charge in [0.2, 0.25) is 12.0 Å². The van der Waals surface area contributed by atoms with Crippen LogP contribution in [-0.2, 0) is 20.7 Å². The highest BCUT2D eigenvalue weighted by atomic mass is 16.6. The van der Waals surface area contributed by atoms with Gasteiger partial charge in [0.25, 0.3) is 0 Å². The van der Waals surface area contributed by atoms with Gasteiger partial charge in [0.05, 0.1) is 0 Å². The zero-order chi connectivity index (χ0) is 19.9. The van der Waals surface area contributed by atoms with E-state index in [0.29, 0.717) is 13.1 Å². The molecule has 1 aromatic rings. The highest BCUT2D eigenvalue weighted by molar-refractivity contribution is 5.83. The van der Waals surface area contributed by atoms with Crippen molar-refractivity contribution in [1.29, 1.82) is 0 Å². The number of rotatable bonds is 5. The molecule has 7 nitrogen and oxygen atoms in total. The number of hydrogen-bond donors (Lipinski definition) is 1. The Bertz CT molecular complexity index is 687. The molecular weight excluding hydrogens is 360 g/mol. The van der Waals surface area contributed by atoms with Crippen LogP contribution in [0.4, 0.5) is 4.79 Å². The van der Waals surface area contributed by atoms with Gasteiger partial charge in [0, 0.05) is 25.4 Å². The number of carbonyl (C=O) groups is 3. The smallest absolute Gasteiger partial charge is 0.429 e. The van der Waals surface area contributed by atoms with Crippen molar-refractivity contribution in [1.82, 2.24) is 10.0 Å². The Morgan fingerprint density at radius 1 is 0.964 bits per heavy atom. The number of amides is 2. The molecule has 1 saturated carbocycles. The van der Waals surface area contributed by atoms with Crippen molar-refractivity contribution < 1.29 is 24.2 Å². The highest BCUT2D eigenvalue weighted by Gasteiger charge is 2.36. The van der Waals surface area contributed by atoms with Gasteiger partial charge in [-0.15, -0.1) is 0 Å². The van der Waals surface area contributed by atoms with Crippen LogP contribution in [0.25, 0.3) is 0 Å². The van der Waals surface area contributed by atoms with Crippen molar-refractivity contribution in [2.45, 2.75) is 57.5 Å². The molecule has 1 aliphatic heterocycles. The molecular formula is C21H28N2O5. The second kappa shape index (κ2) is 9.57. The van der Waals surface area contributed by atoms with Crippen LogP contribution in [0, 0.1) is 5.92 Å². The lowest BCUT2D eigenvalue weighted by Gasteiger charge is -2.40. The van der Waals surface area contributed by atoms with Crippen LogP contribution in [-0.4, -0.2) is 52.3 Å². The van der Waals surface area contributed by atoms with Crippen molar-refractivity contribution in [2.75, 3.05) is 13.1 Å². The van der Waals surface area contributed by atoms with Gasteiger partial charge in [-0.25, -0.2) is 19.6 Å². The summed E-state index contributed by atoms with van der Waals surface area (Å²) in [5.74, 6) is -1.28. The summed E-state index contributed by atoms with van der Waals surface area (Å²) in [7, 11) is 0. The summed E-state index contributed by atoms with van der Waals surface area (Å²) >= 11 is 0. The molecule has 28 heavy (non-hydrogen) atoms. The summed E-state index contributed by atoms with van der Waals surface area (Å²) < 4.78 is 5.32. The van der Waals surface area contributed by atoms with E-state index in [2.05, 4.69) is 0 Å². The molecule has 2 amide bonds. The molecule has 0 aromatic heterocycles. The molecule has 1 saturated heterocycles. The standard InChI is InChI=1S/C21H28N2O5/c24-19(17-11-5-2-6-12-17)22-13-7-8-14-23(22)21(27)28-18(20(25)26)15-16-9-3-1-4-10-16/h1,3-4,9-10,17-18H,2,5-8,11-15H2,(H,25,26)/t18-/m0/s1. The van der Waals surface area contributed by atoms with Crippen molar-refractivity contribution >= 4 is 18.0 Å². The van der Waals surface area contributed by atoms with Gasteiger partial charge in [-0.2, -0.15) is 0 Å². The Balaban J connectivity index is 1.67. The number of carboxylic acid groups (broad SMARTS) is 1. The van der Waals surface area contributed by atoms with Crippen LogP contribution >= 0.6 is 0 Å².